The molecule has 0 aliphatic rings. The number of hydrogen-bond acceptors (Lipinski definition) is 3. The topological polar surface area (TPSA) is 66.8 Å². The summed E-state index contributed by atoms with van der Waals surface area (Å²) < 4.78 is 5.09. The number of carbonyl (C=O) groups excluding carboxylic acids is 1. The highest BCUT2D eigenvalue weighted by molar-refractivity contribution is 6.31. The Labute approximate surface area is 151 Å². The van der Waals surface area contributed by atoms with Crippen molar-refractivity contribution >= 4 is 29.2 Å². The van der Waals surface area contributed by atoms with Crippen molar-refractivity contribution < 1.29 is 19.4 Å². The first-order valence-corrected chi connectivity index (χ1v) is 8.09. The number of ether oxygens (including phenoxy) is 1. The Morgan fingerprint density at radius 1 is 1.12 bits per heavy atom. The van der Waals surface area contributed by atoms with Gasteiger partial charge in [0, 0.05) is 17.8 Å². The molecule has 6 heteroatoms. The first kappa shape index (κ1) is 18.8. The van der Waals surface area contributed by atoms with Crippen LogP contribution in [0.1, 0.15) is 19.4 Å². The van der Waals surface area contributed by atoms with Crippen LogP contribution >= 0.6 is 11.6 Å². The molecule has 0 aliphatic carbocycles. The highest BCUT2D eigenvalue weighted by Gasteiger charge is 2.34. The van der Waals surface area contributed by atoms with E-state index >= 15 is 0 Å². The standard InChI is InChI=1S/C19H20ClNO4/c1-19(2,15-6-4-5-7-16(15)20)18(24)21(3)13-8-10-14(11-9-13)25-12-17(22)23/h4-11H,12H2,1-3H3,(H,22,23). The Morgan fingerprint density at radius 2 is 1.72 bits per heavy atom. The van der Waals surface area contributed by atoms with Gasteiger partial charge in [0.1, 0.15) is 5.75 Å². The molecule has 0 unspecified atom stereocenters. The van der Waals surface area contributed by atoms with Gasteiger partial charge in [-0.2, -0.15) is 0 Å². The Balaban J connectivity index is 2.19. The number of rotatable bonds is 6. The number of aliphatic carboxylic acids is 1. The van der Waals surface area contributed by atoms with E-state index in [4.69, 9.17) is 21.4 Å². The smallest absolute Gasteiger partial charge is 0.341 e. The monoisotopic (exact) mass is 361 g/mol. The molecular formula is C19H20ClNO4. The quantitative estimate of drug-likeness (QED) is 0.851. The minimum atomic E-state index is -1.04. The van der Waals surface area contributed by atoms with Crippen molar-refractivity contribution in [2.45, 2.75) is 19.3 Å². The van der Waals surface area contributed by atoms with Gasteiger partial charge in [0.25, 0.3) is 0 Å². The van der Waals surface area contributed by atoms with Gasteiger partial charge in [0.15, 0.2) is 6.61 Å². The minimum Gasteiger partial charge on any atom is -0.482 e. The molecule has 0 aromatic heterocycles. The van der Waals surface area contributed by atoms with Crippen molar-refractivity contribution in [2.24, 2.45) is 0 Å². The number of hydrogen-bond donors (Lipinski definition) is 1. The van der Waals surface area contributed by atoms with Crippen LogP contribution in [0.25, 0.3) is 0 Å². The van der Waals surface area contributed by atoms with E-state index in [0.717, 1.165) is 5.56 Å². The average Bonchev–Trinajstić information content (AvgIpc) is 2.59. The Bertz CT molecular complexity index is 771. The molecule has 0 saturated carbocycles. The summed E-state index contributed by atoms with van der Waals surface area (Å²) in [7, 11) is 1.69. The Hall–Kier alpha value is -2.53. The zero-order valence-electron chi connectivity index (χ0n) is 14.3. The van der Waals surface area contributed by atoms with Crippen LogP contribution in [0.2, 0.25) is 5.02 Å². The minimum absolute atomic E-state index is 0.111. The van der Waals surface area contributed by atoms with Crippen molar-refractivity contribution in [3.8, 4) is 5.75 Å². The first-order valence-electron chi connectivity index (χ1n) is 7.71. The maximum atomic E-state index is 13.0. The lowest BCUT2D eigenvalue weighted by atomic mass is 9.83. The van der Waals surface area contributed by atoms with E-state index in [1.165, 1.54) is 0 Å². The molecule has 132 valence electrons. The second kappa shape index (κ2) is 7.57. The number of amides is 1. The molecule has 25 heavy (non-hydrogen) atoms. The summed E-state index contributed by atoms with van der Waals surface area (Å²) in [5.74, 6) is -0.727. The normalized spacial score (nSPS) is 11.0. The summed E-state index contributed by atoms with van der Waals surface area (Å²) in [6.07, 6.45) is 0. The number of carboxylic acid groups (broad SMARTS) is 1. The van der Waals surface area contributed by atoms with Gasteiger partial charge in [0.2, 0.25) is 5.91 Å². The summed E-state index contributed by atoms with van der Waals surface area (Å²) in [6.45, 7) is 3.25. The molecule has 0 bridgehead atoms. The molecule has 5 nitrogen and oxygen atoms in total. The van der Waals surface area contributed by atoms with Crippen LogP contribution in [0.3, 0.4) is 0 Å². The van der Waals surface area contributed by atoms with Crippen molar-refractivity contribution in [1.82, 2.24) is 0 Å². The Morgan fingerprint density at radius 3 is 2.28 bits per heavy atom. The molecule has 0 heterocycles. The first-order chi connectivity index (χ1) is 11.7. The van der Waals surface area contributed by atoms with Crippen LogP contribution in [0.5, 0.6) is 5.75 Å². The summed E-state index contributed by atoms with van der Waals surface area (Å²) >= 11 is 6.25. The SMILES string of the molecule is CN(C(=O)C(C)(C)c1ccccc1Cl)c1ccc(OCC(=O)O)cc1. The van der Waals surface area contributed by atoms with Gasteiger partial charge in [0.05, 0.1) is 5.41 Å². The fourth-order valence-electron chi connectivity index (χ4n) is 2.53. The molecule has 0 radical (unpaired) electrons. The van der Waals surface area contributed by atoms with Gasteiger partial charge in [-0.3, -0.25) is 4.79 Å². The summed E-state index contributed by atoms with van der Waals surface area (Å²) in [6, 6.07) is 14.0. The van der Waals surface area contributed by atoms with E-state index in [1.807, 2.05) is 32.0 Å². The maximum Gasteiger partial charge on any atom is 0.341 e. The number of halogens is 1. The van der Waals surface area contributed by atoms with Crippen LogP contribution in [0, 0.1) is 0 Å². The number of nitrogens with zero attached hydrogens (tertiary/aromatic N) is 1. The summed E-state index contributed by atoms with van der Waals surface area (Å²) in [5, 5.41) is 9.17. The van der Waals surface area contributed by atoms with E-state index in [0.29, 0.717) is 16.5 Å². The summed E-state index contributed by atoms with van der Waals surface area (Å²) in [4.78, 5) is 25.0. The zero-order chi connectivity index (χ0) is 18.6. The second-order valence-electron chi connectivity index (χ2n) is 6.15. The molecule has 1 N–H and O–H groups in total. The maximum absolute atomic E-state index is 13.0. The van der Waals surface area contributed by atoms with Crippen LogP contribution in [-0.2, 0) is 15.0 Å². The highest BCUT2D eigenvalue weighted by atomic mass is 35.5. The summed E-state index contributed by atoms with van der Waals surface area (Å²) in [5.41, 5.74) is 0.633. The molecule has 2 aromatic rings. The molecule has 2 aromatic carbocycles. The van der Waals surface area contributed by atoms with Crippen LogP contribution in [0.15, 0.2) is 48.5 Å². The number of carboxylic acids is 1. The van der Waals surface area contributed by atoms with Crippen molar-refractivity contribution in [3.05, 3.63) is 59.1 Å². The third kappa shape index (κ3) is 4.31. The predicted molar refractivity (Wildman–Crippen MR) is 97.5 cm³/mol. The zero-order valence-corrected chi connectivity index (χ0v) is 15.1. The highest BCUT2D eigenvalue weighted by Crippen LogP contribution is 2.32. The lowest BCUT2D eigenvalue weighted by Gasteiger charge is -2.30. The van der Waals surface area contributed by atoms with E-state index in [9.17, 15) is 9.59 Å². The largest absolute Gasteiger partial charge is 0.482 e. The molecule has 1 amide bonds. The molecule has 0 spiro atoms. The van der Waals surface area contributed by atoms with Crippen LogP contribution in [-0.4, -0.2) is 30.6 Å². The molecular weight excluding hydrogens is 342 g/mol. The molecule has 0 fully saturated rings. The number of carbonyl (C=O) groups is 2. The number of benzene rings is 2. The predicted octanol–water partition coefficient (Wildman–Crippen LogP) is 3.74. The van der Waals surface area contributed by atoms with Crippen molar-refractivity contribution in [2.75, 3.05) is 18.6 Å². The van der Waals surface area contributed by atoms with Gasteiger partial charge < -0.3 is 14.7 Å². The van der Waals surface area contributed by atoms with Gasteiger partial charge >= 0.3 is 5.97 Å². The van der Waals surface area contributed by atoms with E-state index in [-0.39, 0.29) is 5.91 Å². The fourth-order valence-corrected chi connectivity index (χ4v) is 2.90. The van der Waals surface area contributed by atoms with Crippen LogP contribution < -0.4 is 9.64 Å². The molecule has 0 atom stereocenters. The van der Waals surface area contributed by atoms with Crippen molar-refractivity contribution in [3.63, 3.8) is 0 Å². The van der Waals surface area contributed by atoms with E-state index < -0.39 is 18.0 Å². The number of anilines is 1. The van der Waals surface area contributed by atoms with E-state index in [1.54, 1.807) is 42.3 Å². The molecule has 2 rings (SSSR count). The number of likely N-dealkylation sites (N-methyl/N-ethyl adjacent to an activating group) is 1. The fraction of sp³-hybridized carbons (Fsp3) is 0.263. The third-order valence-corrected chi connectivity index (χ3v) is 4.30. The van der Waals surface area contributed by atoms with Gasteiger partial charge in [-0.25, -0.2) is 4.79 Å². The van der Waals surface area contributed by atoms with Crippen molar-refractivity contribution in [1.29, 1.82) is 0 Å². The second-order valence-corrected chi connectivity index (χ2v) is 6.55. The Kier molecular flexibility index (Phi) is 5.69. The third-order valence-electron chi connectivity index (χ3n) is 3.97. The molecule has 0 aliphatic heterocycles. The van der Waals surface area contributed by atoms with E-state index in [2.05, 4.69) is 0 Å². The van der Waals surface area contributed by atoms with Gasteiger partial charge in [-0.05, 0) is 49.7 Å². The van der Waals surface area contributed by atoms with Gasteiger partial charge in [-0.15, -0.1) is 0 Å². The average molecular weight is 362 g/mol. The lowest BCUT2D eigenvalue weighted by molar-refractivity contribution is -0.139. The molecule has 0 saturated heterocycles. The van der Waals surface area contributed by atoms with Gasteiger partial charge in [-0.1, -0.05) is 29.8 Å². The van der Waals surface area contributed by atoms with Crippen LogP contribution in [0.4, 0.5) is 5.69 Å². The lowest BCUT2D eigenvalue weighted by Crippen LogP contribution is -2.41.